The molecule has 1 saturated heterocycles. The number of para-hydroxylation sites is 1. The van der Waals surface area contributed by atoms with Gasteiger partial charge in [-0.25, -0.2) is 0 Å². The molecule has 0 unspecified atom stereocenters. The van der Waals surface area contributed by atoms with Gasteiger partial charge in [-0.15, -0.1) is 0 Å². The molecule has 6 nitrogen and oxygen atoms in total. The van der Waals surface area contributed by atoms with E-state index in [0.29, 0.717) is 18.7 Å². The van der Waals surface area contributed by atoms with Gasteiger partial charge in [0.1, 0.15) is 0 Å². The van der Waals surface area contributed by atoms with E-state index in [9.17, 15) is 14.9 Å². The van der Waals surface area contributed by atoms with Gasteiger partial charge in [-0.1, -0.05) is 48.5 Å². The van der Waals surface area contributed by atoms with E-state index in [2.05, 4.69) is 17.0 Å². The van der Waals surface area contributed by atoms with E-state index in [1.807, 2.05) is 24.3 Å². The van der Waals surface area contributed by atoms with Crippen molar-refractivity contribution in [2.24, 2.45) is 5.92 Å². The summed E-state index contributed by atoms with van der Waals surface area (Å²) in [6, 6.07) is 16.9. The van der Waals surface area contributed by atoms with Gasteiger partial charge in [0.05, 0.1) is 18.5 Å². The van der Waals surface area contributed by atoms with Crippen LogP contribution in [0.5, 0.6) is 0 Å². The highest BCUT2D eigenvalue weighted by molar-refractivity contribution is 5.69. The molecule has 0 N–H and O–H groups in total. The third-order valence-corrected chi connectivity index (χ3v) is 4.96. The van der Waals surface area contributed by atoms with Crippen molar-refractivity contribution < 1.29 is 14.5 Å². The Balaban J connectivity index is 1.85. The molecule has 3 rings (SSSR count). The maximum Gasteiger partial charge on any atom is 0.305 e. The Morgan fingerprint density at radius 3 is 2.54 bits per heavy atom. The number of nitrogens with zero attached hydrogens (tertiary/aromatic N) is 2. The molecular formula is C20H22N2O4. The summed E-state index contributed by atoms with van der Waals surface area (Å²) in [6.07, 6.45) is 0.262. The molecule has 6 heteroatoms. The maximum atomic E-state index is 11.9. The summed E-state index contributed by atoms with van der Waals surface area (Å²) < 4.78 is 4.84. The molecule has 0 amide bonds. The fraction of sp³-hybridized carbons (Fsp3) is 0.350. The Morgan fingerprint density at radius 2 is 1.85 bits per heavy atom. The van der Waals surface area contributed by atoms with Gasteiger partial charge in [-0.05, 0) is 11.5 Å². The summed E-state index contributed by atoms with van der Waals surface area (Å²) >= 11 is 0. The highest BCUT2D eigenvalue weighted by atomic mass is 16.6. The molecular weight excluding hydrogens is 332 g/mol. The van der Waals surface area contributed by atoms with E-state index in [0.717, 1.165) is 6.54 Å². The van der Waals surface area contributed by atoms with Crippen LogP contribution in [0.2, 0.25) is 0 Å². The second-order valence-electron chi connectivity index (χ2n) is 6.64. The average Bonchev–Trinajstić information content (AvgIpc) is 3.04. The van der Waals surface area contributed by atoms with Gasteiger partial charge >= 0.3 is 5.97 Å². The van der Waals surface area contributed by atoms with Gasteiger partial charge in [0.15, 0.2) is 0 Å². The van der Waals surface area contributed by atoms with Crippen LogP contribution in [0, 0.1) is 16.0 Å². The summed E-state index contributed by atoms with van der Waals surface area (Å²) in [5, 5.41) is 11.4. The smallest absolute Gasteiger partial charge is 0.305 e. The van der Waals surface area contributed by atoms with Gasteiger partial charge in [0, 0.05) is 37.2 Å². The lowest BCUT2D eigenvalue weighted by molar-refractivity contribution is -0.385. The average molecular weight is 354 g/mol. The first kappa shape index (κ1) is 18.1. The highest BCUT2D eigenvalue weighted by Crippen LogP contribution is 2.39. The Kier molecular flexibility index (Phi) is 5.63. The molecule has 26 heavy (non-hydrogen) atoms. The van der Waals surface area contributed by atoms with Gasteiger partial charge in [0.2, 0.25) is 0 Å². The zero-order chi connectivity index (χ0) is 18.5. The number of rotatable bonds is 6. The van der Waals surface area contributed by atoms with Crippen molar-refractivity contribution in [3.8, 4) is 0 Å². The third-order valence-electron chi connectivity index (χ3n) is 4.96. The molecule has 1 aliphatic rings. The molecule has 1 fully saturated rings. The predicted octanol–water partition coefficient (Wildman–Crippen LogP) is 3.37. The number of ether oxygens (including phenoxy) is 1. The zero-order valence-electron chi connectivity index (χ0n) is 14.7. The lowest BCUT2D eigenvalue weighted by Crippen LogP contribution is -2.21. The SMILES string of the molecule is COC(=O)C[C@@H]1CN(Cc2ccccc2)C[C@H]1c1ccccc1[N+](=O)[O-]. The second-order valence-corrected chi connectivity index (χ2v) is 6.64. The second kappa shape index (κ2) is 8.10. The Morgan fingerprint density at radius 1 is 1.15 bits per heavy atom. The Hall–Kier alpha value is -2.73. The maximum absolute atomic E-state index is 11.9. The number of likely N-dealkylation sites (tertiary alicyclic amines) is 1. The first-order valence-electron chi connectivity index (χ1n) is 8.65. The molecule has 2 aromatic carbocycles. The monoisotopic (exact) mass is 354 g/mol. The zero-order valence-corrected chi connectivity index (χ0v) is 14.7. The minimum atomic E-state index is -0.343. The van der Waals surface area contributed by atoms with E-state index in [-0.39, 0.29) is 34.8 Å². The summed E-state index contributed by atoms with van der Waals surface area (Å²) in [7, 11) is 1.37. The normalized spacial score (nSPS) is 20.0. The Labute approximate surface area is 152 Å². The minimum Gasteiger partial charge on any atom is -0.469 e. The summed E-state index contributed by atoms with van der Waals surface area (Å²) in [4.78, 5) is 25.2. The van der Waals surface area contributed by atoms with Crippen molar-refractivity contribution in [2.45, 2.75) is 18.9 Å². The Bertz CT molecular complexity index is 778. The van der Waals surface area contributed by atoms with Crippen molar-refractivity contribution >= 4 is 11.7 Å². The molecule has 0 saturated carbocycles. The van der Waals surface area contributed by atoms with Crippen molar-refractivity contribution in [1.82, 2.24) is 4.90 Å². The fourth-order valence-electron chi connectivity index (χ4n) is 3.76. The topological polar surface area (TPSA) is 72.7 Å². The molecule has 2 atom stereocenters. The van der Waals surface area contributed by atoms with Crippen LogP contribution in [0.3, 0.4) is 0 Å². The van der Waals surface area contributed by atoms with Crippen LogP contribution in [0.4, 0.5) is 5.69 Å². The van der Waals surface area contributed by atoms with Crippen LogP contribution in [-0.2, 0) is 16.1 Å². The molecule has 1 heterocycles. The molecule has 0 aliphatic carbocycles. The minimum absolute atomic E-state index is 0.00716. The van der Waals surface area contributed by atoms with Gasteiger partial charge in [0.25, 0.3) is 5.69 Å². The number of carbonyl (C=O) groups excluding carboxylic acids is 1. The molecule has 0 spiro atoms. The number of nitro groups is 1. The standard InChI is InChI=1S/C20H22N2O4/c1-26-20(23)11-16-13-21(12-15-7-3-2-4-8-15)14-18(16)17-9-5-6-10-19(17)22(24)25/h2-10,16,18H,11-14H2,1H3/t16-,18-/m1/s1. The van der Waals surface area contributed by atoms with E-state index in [1.54, 1.807) is 12.1 Å². The van der Waals surface area contributed by atoms with Gasteiger partial charge < -0.3 is 4.74 Å². The van der Waals surface area contributed by atoms with Gasteiger partial charge in [-0.3, -0.25) is 19.8 Å². The first-order valence-corrected chi connectivity index (χ1v) is 8.65. The van der Waals surface area contributed by atoms with Crippen molar-refractivity contribution in [2.75, 3.05) is 20.2 Å². The summed E-state index contributed by atoms with van der Waals surface area (Å²) in [5.41, 5.74) is 2.00. The predicted molar refractivity (Wildman–Crippen MR) is 97.7 cm³/mol. The number of methoxy groups -OCH3 is 1. The number of carbonyl (C=O) groups is 1. The van der Waals surface area contributed by atoms with Crippen LogP contribution < -0.4 is 0 Å². The molecule has 1 aliphatic heterocycles. The highest BCUT2D eigenvalue weighted by Gasteiger charge is 2.38. The van der Waals surface area contributed by atoms with Crippen LogP contribution in [0.1, 0.15) is 23.5 Å². The van der Waals surface area contributed by atoms with Crippen molar-refractivity contribution in [3.63, 3.8) is 0 Å². The molecule has 2 aromatic rings. The lowest BCUT2D eigenvalue weighted by Gasteiger charge is -2.17. The van der Waals surface area contributed by atoms with E-state index in [4.69, 9.17) is 4.74 Å². The van der Waals surface area contributed by atoms with E-state index in [1.165, 1.54) is 18.7 Å². The third kappa shape index (κ3) is 4.08. The van der Waals surface area contributed by atoms with E-state index < -0.39 is 0 Å². The number of nitro benzene ring substituents is 1. The number of esters is 1. The molecule has 136 valence electrons. The van der Waals surface area contributed by atoms with Crippen molar-refractivity contribution in [1.29, 1.82) is 0 Å². The summed E-state index contributed by atoms with van der Waals surface area (Å²) in [5.74, 6) is -0.355. The molecule has 0 aromatic heterocycles. The quantitative estimate of drug-likeness (QED) is 0.452. The van der Waals surface area contributed by atoms with E-state index >= 15 is 0 Å². The lowest BCUT2D eigenvalue weighted by atomic mass is 9.86. The number of hydrogen-bond acceptors (Lipinski definition) is 5. The van der Waals surface area contributed by atoms with Crippen LogP contribution in [-0.4, -0.2) is 36.0 Å². The summed E-state index contributed by atoms with van der Waals surface area (Å²) in [6.45, 7) is 2.15. The molecule has 0 bridgehead atoms. The number of hydrogen-bond donors (Lipinski definition) is 0. The largest absolute Gasteiger partial charge is 0.469 e. The first-order chi connectivity index (χ1) is 12.6. The van der Waals surface area contributed by atoms with Crippen molar-refractivity contribution in [3.05, 3.63) is 75.8 Å². The number of benzene rings is 2. The van der Waals surface area contributed by atoms with Crippen LogP contribution >= 0.6 is 0 Å². The van der Waals surface area contributed by atoms with Crippen LogP contribution in [0.25, 0.3) is 0 Å². The van der Waals surface area contributed by atoms with Gasteiger partial charge in [-0.2, -0.15) is 0 Å². The molecule has 0 radical (unpaired) electrons. The van der Waals surface area contributed by atoms with Crippen LogP contribution in [0.15, 0.2) is 54.6 Å². The fourth-order valence-corrected chi connectivity index (χ4v) is 3.76.